The molecule has 0 spiro atoms. The van der Waals surface area contributed by atoms with Crippen LogP contribution in [0.3, 0.4) is 0 Å². The Balaban J connectivity index is 2.53. The molecule has 0 amide bonds. The maximum Gasteiger partial charge on any atom is 0.137 e. The van der Waals surface area contributed by atoms with Gasteiger partial charge in [0.1, 0.15) is 5.82 Å². The highest BCUT2D eigenvalue weighted by Gasteiger charge is 2.07. The maximum absolute atomic E-state index is 4.31. The molecule has 1 N–H and O–H groups in total. The van der Waals surface area contributed by atoms with Crippen molar-refractivity contribution >= 4 is 5.82 Å². The monoisotopic (exact) mass is 188 g/mol. The summed E-state index contributed by atoms with van der Waals surface area (Å²) in [6, 6.07) is 3.94. The van der Waals surface area contributed by atoms with Gasteiger partial charge >= 0.3 is 0 Å². The fraction of sp³-hybridized carbons (Fsp3) is 0.200. The lowest BCUT2D eigenvalue weighted by Crippen LogP contribution is -2.11. The third-order valence-electron chi connectivity index (χ3n) is 2.00. The first-order valence-electron chi connectivity index (χ1n) is 4.40. The molecule has 2 rings (SSSR count). The number of aromatic nitrogens is 3. The third-order valence-corrected chi connectivity index (χ3v) is 2.00. The van der Waals surface area contributed by atoms with E-state index >= 15 is 0 Å². The van der Waals surface area contributed by atoms with Gasteiger partial charge in [-0.25, -0.2) is 9.97 Å². The number of pyridine rings is 1. The first-order chi connectivity index (χ1) is 6.79. The summed E-state index contributed by atoms with van der Waals surface area (Å²) in [6.07, 6.45) is 5.25. The molecule has 0 aromatic carbocycles. The van der Waals surface area contributed by atoms with Crippen LogP contribution in [0.2, 0.25) is 0 Å². The van der Waals surface area contributed by atoms with Gasteiger partial charge in [0.25, 0.3) is 0 Å². The van der Waals surface area contributed by atoms with E-state index in [9.17, 15) is 0 Å². The van der Waals surface area contributed by atoms with E-state index in [1.165, 1.54) is 0 Å². The molecular weight excluding hydrogens is 176 g/mol. The van der Waals surface area contributed by atoms with Crippen LogP contribution in [0.1, 0.15) is 0 Å². The van der Waals surface area contributed by atoms with Crippen LogP contribution in [0, 0.1) is 0 Å². The fourth-order valence-electron chi connectivity index (χ4n) is 1.37. The lowest BCUT2D eigenvalue weighted by Gasteiger charge is -2.14. The molecule has 72 valence electrons. The predicted octanol–water partition coefficient (Wildman–Crippen LogP) is 1.54. The number of anilines is 1. The summed E-state index contributed by atoms with van der Waals surface area (Å²) in [4.78, 5) is 13.4. The molecule has 0 unspecified atom stereocenters. The van der Waals surface area contributed by atoms with E-state index < -0.39 is 0 Å². The van der Waals surface area contributed by atoms with Crippen LogP contribution in [-0.2, 0) is 0 Å². The van der Waals surface area contributed by atoms with Crippen LogP contribution in [0.25, 0.3) is 11.3 Å². The third kappa shape index (κ3) is 1.46. The molecule has 14 heavy (non-hydrogen) atoms. The first-order valence-corrected chi connectivity index (χ1v) is 4.40. The molecule has 0 saturated carbocycles. The second-order valence-electron chi connectivity index (χ2n) is 3.23. The number of hydrogen-bond donors (Lipinski definition) is 1. The molecule has 2 heterocycles. The lowest BCUT2D eigenvalue weighted by atomic mass is 10.2. The number of imidazole rings is 1. The summed E-state index contributed by atoms with van der Waals surface area (Å²) >= 11 is 0. The number of aromatic amines is 1. The quantitative estimate of drug-likeness (QED) is 0.777. The second-order valence-corrected chi connectivity index (χ2v) is 3.23. The smallest absolute Gasteiger partial charge is 0.137 e. The highest BCUT2D eigenvalue weighted by Crippen LogP contribution is 2.24. The second kappa shape index (κ2) is 3.49. The molecule has 0 saturated heterocycles. The maximum atomic E-state index is 4.31. The van der Waals surface area contributed by atoms with Crippen LogP contribution in [0.15, 0.2) is 30.9 Å². The summed E-state index contributed by atoms with van der Waals surface area (Å²) in [5.74, 6) is 0.941. The van der Waals surface area contributed by atoms with Gasteiger partial charge in [-0.2, -0.15) is 0 Å². The number of H-pyrrole nitrogens is 1. The number of nitrogens with one attached hydrogen (secondary N) is 1. The Morgan fingerprint density at radius 3 is 2.86 bits per heavy atom. The van der Waals surface area contributed by atoms with E-state index in [0.717, 1.165) is 17.1 Å². The topological polar surface area (TPSA) is 44.8 Å². The predicted molar refractivity (Wildman–Crippen MR) is 56.1 cm³/mol. The molecule has 4 nitrogen and oxygen atoms in total. The molecule has 0 radical (unpaired) electrons. The van der Waals surface area contributed by atoms with E-state index in [1.807, 2.05) is 31.1 Å². The largest absolute Gasteiger partial charge is 0.362 e. The number of hydrogen-bond acceptors (Lipinski definition) is 3. The first kappa shape index (κ1) is 8.74. The Labute approximate surface area is 82.6 Å². The van der Waals surface area contributed by atoms with Crippen molar-refractivity contribution < 1.29 is 0 Å². The Hall–Kier alpha value is -1.84. The molecule has 0 aliphatic rings. The Bertz CT molecular complexity index is 406. The Kier molecular flexibility index (Phi) is 2.18. The zero-order chi connectivity index (χ0) is 9.97. The van der Waals surface area contributed by atoms with Crippen molar-refractivity contribution in [2.75, 3.05) is 19.0 Å². The molecule has 0 aliphatic carbocycles. The Morgan fingerprint density at radius 2 is 2.21 bits per heavy atom. The molecule has 0 fully saturated rings. The molecule has 0 aliphatic heterocycles. The van der Waals surface area contributed by atoms with E-state index in [1.54, 1.807) is 18.7 Å². The molecular formula is C10H12N4. The zero-order valence-corrected chi connectivity index (χ0v) is 8.23. The average Bonchev–Trinajstić information content (AvgIpc) is 2.70. The van der Waals surface area contributed by atoms with Gasteiger partial charge in [0, 0.05) is 25.9 Å². The van der Waals surface area contributed by atoms with Crippen molar-refractivity contribution in [1.82, 2.24) is 15.0 Å². The van der Waals surface area contributed by atoms with Gasteiger partial charge in [-0.1, -0.05) is 0 Å². The standard InChI is InChI=1S/C10H12N4/c1-14(2)10-8(4-3-5-12-10)9-6-11-7-13-9/h3-7H,1-2H3,(H,11,13). The number of rotatable bonds is 2. The number of nitrogens with zero attached hydrogens (tertiary/aromatic N) is 3. The SMILES string of the molecule is CN(C)c1ncccc1-c1cnc[nH]1. The van der Waals surface area contributed by atoms with E-state index in [-0.39, 0.29) is 0 Å². The lowest BCUT2D eigenvalue weighted by molar-refractivity contribution is 1.07. The summed E-state index contributed by atoms with van der Waals surface area (Å²) < 4.78 is 0. The van der Waals surface area contributed by atoms with Gasteiger partial charge < -0.3 is 9.88 Å². The summed E-state index contributed by atoms with van der Waals surface area (Å²) in [5.41, 5.74) is 2.05. The van der Waals surface area contributed by atoms with Gasteiger partial charge in [0.2, 0.25) is 0 Å². The minimum atomic E-state index is 0.941. The van der Waals surface area contributed by atoms with Crippen molar-refractivity contribution in [1.29, 1.82) is 0 Å². The highest BCUT2D eigenvalue weighted by atomic mass is 15.1. The van der Waals surface area contributed by atoms with Gasteiger partial charge in [-0.15, -0.1) is 0 Å². The highest BCUT2D eigenvalue weighted by molar-refractivity contribution is 5.72. The molecule has 4 heteroatoms. The molecule has 2 aromatic heterocycles. The molecule has 2 aromatic rings. The van der Waals surface area contributed by atoms with Crippen molar-refractivity contribution in [2.24, 2.45) is 0 Å². The normalized spacial score (nSPS) is 10.1. The summed E-state index contributed by atoms with van der Waals surface area (Å²) in [5, 5.41) is 0. The van der Waals surface area contributed by atoms with Crippen LogP contribution in [0.4, 0.5) is 5.82 Å². The average molecular weight is 188 g/mol. The van der Waals surface area contributed by atoms with E-state index in [2.05, 4.69) is 15.0 Å². The van der Waals surface area contributed by atoms with Crippen LogP contribution in [0.5, 0.6) is 0 Å². The Morgan fingerprint density at radius 1 is 1.36 bits per heavy atom. The minimum absolute atomic E-state index is 0.941. The van der Waals surface area contributed by atoms with Gasteiger partial charge in [-0.3, -0.25) is 0 Å². The van der Waals surface area contributed by atoms with Crippen molar-refractivity contribution in [3.63, 3.8) is 0 Å². The van der Waals surface area contributed by atoms with Gasteiger partial charge in [-0.05, 0) is 12.1 Å². The zero-order valence-electron chi connectivity index (χ0n) is 8.23. The summed E-state index contributed by atoms with van der Waals surface area (Å²) in [6.45, 7) is 0. The van der Waals surface area contributed by atoms with Crippen LogP contribution >= 0.6 is 0 Å². The van der Waals surface area contributed by atoms with Crippen LogP contribution < -0.4 is 4.90 Å². The fourth-order valence-corrected chi connectivity index (χ4v) is 1.37. The van der Waals surface area contributed by atoms with Crippen molar-refractivity contribution in [2.45, 2.75) is 0 Å². The molecule has 0 atom stereocenters. The van der Waals surface area contributed by atoms with Gasteiger partial charge in [0.15, 0.2) is 0 Å². The van der Waals surface area contributed by atoms with Crippen LogP contribution in [-0.4, -0.2) is 29.0 Å². The van der Waals surface area contributed by atoms with Crippen molar-refractivity contribution in [3.05, 3.63) is 30.9 Å². The minimum Gasteiger partial charge on any atom is -0.362 e. The summed E-state index contributed by atoms with van der Waals surface area (Å²) in [7, 11) is 3.95. The molecule has 0 bridgehead atoms. The van der Waals surface area contributed by atoms with Gasteiger partial charge in [0.05, 0.1) is 18.2 Å². The van der Waals surface area contributed by atoms with E-state index in [4.69, 9.17) is 0 Å². The van der Waals surface area contributed by atoms with Crippen molar-refractivity contribution in [3.8, 4) is 11.3 Å². The van der Waals surface area contributed by atoms with E-state index in [0.29, 0.717) is 0 Å².